The van der Waals surface area contributed by atoms with Crippen molar-refractivity contribution in [3.63, 3.8) is 0 Å². The van der Waals surface area contributed by atoms with E-state index in [9.17, 15) is 9.59 Å². The van der Waals surface area contributed by atoms with Crippen molar-refractivity contribution in [3.05, 3.63) is 0 Å². The molecule has 1 aliphatic rings. The van der Waals surface area contributed by atoms with Gasteiger partial charge in [0.2, 0.25) is 5.91 Å². The molecule has 2 N–H and O–H groups in total. The Morgan fingerprint density at radius 2 is 2.15 bits per heavy atom. The number of carbonyl (C=O) groups excluding carboxylic acids is 1. The molecular formula is C8H14N2O3. The van der Waals surface area contributed by atoms with Gasteiger partial charge in [0, 0.05) is 26.7 Å². The van der Waals surface area contributed by atoms with E-state index < -0.39 is 5.97 Å². The maximum Gasteiger partial charge on any atom is 0.305 e. The number of aliphatic carboxylic acids is 1. The minimum atomic E-state index is -0.869. The van der Waals surface area contributed by atoms with E-state index >= 15 is 0 Å². The lowest BCUT2D eigenvalue weighted by molar-refractivity contribution is -0.139. The van der Waals surface area contributed by atoms with Gasteiger partial charge in [0.05, 0.1) is 12.3 Å². The van der Waals surface area contributed by atoms with Crippen LogP contribution in [0.15, 0.2) is 0 Å². The Bertz CT molecular complexity index is 213. The minimum absolute atomic E-state index is 0.0163. The van der Waals surface area contributed by atoms with Crippen molar-refractivity contribution in [3.8, 4) is 0 Å². The Balaban J connectivity index is 2.25. The molecule has 74 valence electrons. The van der Waals surface area contributed by atoms with Gasteiger partial charge in [0.1, 0.15) is 0 Å². The number of carbonyl (C=O) groups is 2. The number of rotatable bonds is 4. The number of hydrogen-bond acceptors (Lipinski definition) is 3. The van der Waals surface area contributed by atoms with Gasteiger partial charge in [-0.2, -0.15) is 0 Å². The third kappa shape index (κ3) is 2.69. The van der Waals surface area contributed by atoms with Gasteiger partial charge in [-0.3, -0.25) is 9.59 Å². The number of carboxylic acids is 1. The van der Waals surface area contributed by atoms with Gasteiger partial charge in [-0.25, -0.2) is 0 Å². The number of amides is 1. The Labute approximate surface area is 76.7 Å². The van der Waals surface area contributed by atoms with Crippen LogP contribution in [0, 0.1) is 5.92 Å². The molecule has 0 aromatic carbocycles. The second-order valence-corrected chi connectivity index (χ2v) is 3.26. The number of carboxylic acid groups (broad SMARTS) is 1. The second kappa shape index (κ2) is 4.23. The van der Waals surface area contributed by atoms with Crippen molar-refractivity contribution in [2.24, 2.45) is 5.92 Å². The van der Waals surface area contributed by atoms with E-state index in [1.807, 2.05) is 0 Å². The molecule has 0 saturated carbocycles. The molecule has 1 fully saturated rings. The van der Waals surface area contributed by atoms with Crippen molar-refractivity contribution < 1.29 is 14.7 Å². The molecule has 1 aliphatic heterocycles. The normalized spacial score (nSPS) is 16.4. The topological polar surface area (TPSA) is 69.6 Å². The summed E-state index contributed by atoms with van der Waals surface area (Å²) in [5, 5.41) is 11.4. The molecule has 0 spiro atoms. The Hall–Kier alpha value is -1.10. The first-order valence-electron chi connectivity index (χ1n) is 4.28. The van der Waals surface area contributed by atoms with E-state index in [4.69, 9.17) is 5.11 Å². The van der Waals surface area contributed by atoms with Crippen molar-refractivity contribution in [1.82, 2.24) is 10.2 Å². The van der Waals surface area contributed by atoms with Gasteiger partial charge in [-0.1, -0.05) is 0 Å². The first kappa shape index (κ1) is 9.98. The summed E-state index contributed by atoms with van der Waals surface area (Å²) < 4.78 is 0. The van der Waals surface area contributed by atoms with Gasteiger partial charge in [0.15, 0.2) is 0 Å². The summed E-state index contributed by atoms with van der Waals surface area (Å²) in [7, 11) is 1.64. The fourth-order valence-corrected chi connectivity index (χ4v) is 1.15. The maximum atomic E-state index is 11.4. The van der Waals surface area contributed by atoms with E-state index in [1.54, 1.807) is 7.05 Å². The molecule has 1 heterocycles. The predicted molar refractivity (Wildman–Crippen MR) is 46.2 cm³/mol. The first-order chi connectivity index (χ1) is 6.11. The summed E-state index contributed by atoms with van der Waals surface area (Å²) in [5.41, 5.74) is 0. The van der Waals surface area contributed by atoms with Gasteiger partial charge >= 0.3 is 5.97 Å². The van der Waals surface area contributed by atoms with Gasteiger partial charge in [0.25, 0.3) is 0 Å². The molecule has 1 saturated heterocycles. The number of nitrogens with one attached hydrogen (secondary N) is 1. The van der Waals surface area contributed by atoms with E-state index in [2.05, 4.69) is 5.32 Å². The largest absolute Gasteiger partial charge is 0.481 e. The molecule has 1 amide bonds. The summed E-state index contributed by atoms with van der Waals surface area (Å²) in [6.45, 7) is 1.73. The van der Waals surface area contributed by atoms with Crippen LogP contribution in [0.2, 0.25) is 0 Å². The first-order valence-corrected chi connectivity index (χ1v) is 4.28. The molecular weight excluding hydrogens is 172 g/mol. The average Bonchev–Trinajstić information content (AvgIpc) is 1.96. The summed E-state index contributed by atoms with van der Waals surface area (Å²) in [6, 6.07) is 0. The van der Waals surface area contributed by atoms with Crippen LogP contribution in [0.3, 0.4) is 0 Å². The van der Waals surface area contributed by atoms with Crippen LogP contribution >= 0.6 is 0 Å². The number of hydrogen-bond donors (Lipinski definition) is 2. The Morgan fingerprint density at radius 1 is 1.54 bits per heavy atom. The lowest BCUT2D eigenvalue weighted by Crippen LogP contribution is -2.51. The summed E-state index contributed by atoms with van der Waals surface area (Å²) >= 11 is 0. The molecule has 0 radical (unpaired) electrons. The highest BCUT2D eigenvalue weighted by Crippen LogP contribution is 2.06. The maximum absolute atomic E-state index is 11.4. The average molecular weight is 186 g/mol. The minimum Gasteiger partial charge on any atom is -0.481 e. The number of nitrogens with zero attached hydrogens (tertiary/aromatic N) is 1. The van der Waals surface area contributed by atoms with Gasteiger partial charge in [-0.05, 0) is 0 Å². The Morgan fingerprint density at radius 3 is 2.54 bits per heavy atom. The fourth-order valence-electron chi connectivity index (χ4n) is 1.15. The Kier molecular flexibility index (Phi) is 3.25. The van der Waals surface area contributed by atoms with Crippen LogP contribution in [0.4, 0.5) is 0 Å². The molecule has 0 bridgehead atoms. The third-order valence-corrected chi connectivity index (χ3v) is 2.17. The summed E-state index contributed by atoms with van der Waals surface area (Å²) in [6.07, 6.45) is 0.0163. The molecule has 0 atom stereocenters. The smallest absolute Gasteiger partial charge is 0.305 e. The highest BCUT2D eigenvalue weighted by atomic mass is 16.4. The van der Waals surface area contributed by atoms with Crippen LogP contribution in [0.1, 0.15) is 6.42 Å². The third-order valence-electron chi connectivity index (χ3n) is 2.17. The van der Waals surface area contributed by atoms with E-state index in [0.29, 0.717) is 6.54 Å². The zero-order valence-corrected chi connectivity index (χ0v) is 7.62. The molecule has 5 heteroatoms. The van der Waals surface area contributed by atoms with E-state index in [0.717, 1.165) is 13.1 Å². The molecule has 1 rings (SSSR count). The molecule has 0 aliphatic carbocycles. The van der Waals surface area contributed by atoms with Crippen molar-refractivity contribution in [1.29, 1.82) is 0 Å². The van der Waals surface area contributed by atoms with Crippen LogP contribution in [-0.2, 0) is 9.59 Å². The van der Waals surface area contributed by atoms with Crippen molar-refractivity contribution >= 4 is 11.9 Å². The van der Waals surface area contributed by atoms with Crippen LogP contribution in [0.25, 0.3) is 0 Å². The van der Waals surface area contributed by atoms with E-state index in [1.165, 1.54) is 4.90 Å². The van der Waals surface area contributed by atoms with E-state index in [-0.39, 0.29) is 18.2 Å². The highest BCUT2D eigenvalue weighted by molar-refractivity contribution is 5.80. The lowest BCUT2D eigenvalue weighted by atomic mass is 10.0. The lowest BCUT2D eigenvalue weighted by Gasteiger charge is -2.29. The zero-order chi connectivity index (χ0) is 9.84. The zero-order valence-electron chi connectivity index (χ0n) is 7.62. The molecule has 0 aromatic rings. The van der Waals surface area contributed by atoms with Crippen molar-refractivity contribution in [2.75, 3.05) is 26.7 Å². The molecule has 5 nitrogen and oxygen atoms in total. The van der Waals surface area contributed by atoms with Gasteiger partial charge in [-0.15, -0.1) is 0 Å². The second-order valence-electron chi connectivity index (χ2n) is 3.26. The van der Waals surface area contributed by atoms with Crippen LogP contribution in [-0.4, -0.2) is 48.6 Å². The summed E-state index contributed by atoms with van der Waals surface area (Å²) in [4.78, 5) is 23.1. The molecule has 0 unspecified atom stereocenters. The summed E-state index contributed by atoms with van der Waals surface area (Å²) in [5.74, 6) is -0.773. The van der Waals surface area contributed by atoms with Crippen LogP contribution < -0.4 is 5.32 Å². The van der Waals surface area contributed by atoms with Crippen LogP contribution in [0.5, 0.6) is 0 Å². The molecule has 13 heavy (non-hydrogen) atoms. The van der Waals surface area contributed by atoms with Crippen molar-refractivity contribution in [2.45, 2.75) is 6.42 Å². The predicted octanol–water partition coefficient (Wildman–Crippen LogP) is -0.861. The fraction of sp³-hybridized carbons (Fsp3) is 0.750. The standard InChI is InChI=1S/C8H14N2O3/c1-10(3-2-7(11)12)8(13)6-4-9-5-6/h6,9H,2-5H2,1H3,(H,11,12). The van der Waals surface area contributed by atoms with Gasteiger partial charge < -0.3 is 15.3 Å². The monoisotopic (exact) mass is 186 g/mol. The SMILES string of the molecule is CN(CCC(=O)O)C(=O)C1CNC1. The quantitative estimate of drug-likeness (QED) is 0.599. The molecule has 0 aromatic heterocycles. The highest BCUT2D eigenvalue weighted by Gasteiger charge is 2.27.